The van der Waals surface area contributed by atoms with Crippen LogP contribution in [-0.4, -0.2) is 36.2 Å². The quantitative estimate of drug-likeness (QED) is 0.611. The first-order valence-corrected chi connectivity index (χ1v) is 5.81. The minimum atomic E-state index is -0.606. The van der Waals surface area contributed by atoms with Crippen LogP contribution in [-0.2, 0) is 4.79 Å². The van der Waals surface area contributed by atoms with Crippen LogP contribution in [0.15, 0.2) is 0 Å². The molecule has 0 bridgehead atoms. The van der Waals surface area contributed by atoms with Gasteiger partial charge in [0.05, 0.1) is 11.5 Å². The summed E-state index contributed by atoms with van der Waals surface area (Å²) in [4.78, 5) is 11.8. The fourth-order valence-electron chi connectivity index (χ4n) is 2.31. The van der Waals surface area contributed by atoms with E-state index >= 15 is 0 Å². The van der Waals surface area contributed by atoms with Gasteiger partial charge < -0.3 is 15.7 Å². The fourth-order valence-corrected chi connectivity index (χ4v) is 2.31. The predicted octanol–water partition coefficient (Wildman–Crippen LogP) is -0.127. The molecule has 0 aromatic heterocycles. The van der Waals surface area contributed by atoms with Gasteiger partial charge in [0, 0.05) is 13.1 Å². The molecule has 2 unspecified atom stereocenters. The first-order chi connectivity index (χ1) is 7.11. The molecule has 1 aliphatic carbocycles. The van der Waals surface area contributed by atoms with Crippen LogP contribution < -0.4 is 10.6 Å². The average Bonchev–Trinajstić information content (AvgIpc) is 2.58. The molecular formula is C11H20N2O2. The van der Waals surface area contributed by atoms with Gasteiger partial charge in [0.2, 0.25) is 5.91 Å². The summed E-state index contributed by atoms with van der Waals surface area (Å²) < 4.78 is 0. The van der Waals surface area contributed by atoms with Gasteiger partial charge in [-0.2, -0.15) is 0 Å². The van der Waals surface area contributed by atoms with Crippen molar-refractivity contribution in [2.24, 2.45) is 11.8 Å². The van der Waals surface area contributed by atoms with E-state index in [1.165, 1.54) is 0 Å². The maximum Gasteiger partial charge on any atom is 0.224 e. The summed E-state index contributed by atoms with van der Waals surface area (Å²) in [5.41, 5.74) is -0.606. The summed E-state index contributed by atoms with van der Waals surface area (Å²) in [7, 11) is 0. The Balaban J connectivity index is 1.76. The number of amides is 1. The van der Waals surface area contributed by atoms with E-state index in [1.54, 1.807) is 0 Å². The van der Waals surface area contributed by atoms with E-state index in [-0.39, 0.29) is 11.8 Å². The lowest BCUT2D eigenvalue weighted by Crippen LogP contribution is -2.49. The Bertz CT molecular complexity index is 251. The molecule has 1 aliphatic heterocycles. The van der Waals surface area contributed by atoms with Crippen molar-refractivity contribution in [1.82, 2.24) is 10.6 Å². The van der Waals surface area contributed by atoms with Gasteiger partial charge >= 0.3 is 0 Å². The lowest BCUT2D eigenvalue weighted by atomic mass is 9.80. The molecule has 1 heterocycles. The summed E-state index contributed by atoms with van der Waals surface area (Å²) in [6.07, 6.45) is 2.73. The van der Waals surface area contributed by atoms with Crippen LogP contribution in [0.25, 0.3) is 0 Å². The molecule has 2 atom stereocenters. The van der Waals surface area contributed by atoms with E-state index in [9.17, 15) is 9.90 Å². The van der Waals surface area contributed by atoms with E-state index in [0.717, 1.165) is 32.4 Å². The Hall–Kier alpha value is -0.610. The van der Waals surface area contributed by atoms with E-state index in [0.29, 0.717) is 12.5 Å². The predicted molar refractivity (Wildman–Crippen MR) is 57.3 cm³/mol. The highest BCUT2D eigenvalue weighted by molar-refractivity contribution is 5.79. The molecule has 0 spiro atoms. The second kappa shape index (κ2) is 4.10. The summed E-state index contributed by atoms with van der Waals surface area (Å²) in [5.74, 6) is 0.572. The van der Waals surface area contributed by atoms with E-state index in [4.69, 9.17) is 0 Å². The number of carbonyl (C=O) groups is 1. The number of hydrogen-bond acceptors (Lipinski definition) is 3. The molecule has 0 aromatic carbocycles. The zero-order valence-electron chi connectivity index (χ0n) is 9.25. The van der Waals surface area contributed by atoms with Crippen molar-refractivity contribution in [2.75, 3.05) is 19.6 Å². The molecule has 0 radical (unpaired) electrons. The van der Waals surface area contributed by atoms with Gasteiger partial charge in [-0.1, -0.05) is 6.92 Å². The molecule has 1 saturated heterocycles. The van der Waals surface area contributed by atoms with Crippen LogP contribution in [0.5, 0.6) is 0 Å². The van der Waals surface area contributed by atoms with Crippen LogP contribution >= 0.6 is 0 Å². The molecule has 86 valence electrons. The molecule has 1 amide bonds. The number of carbonyl (C=O) groups excluding carboxylic acids is 1. The van der Waals surface area contributed by atoms with Gasteiger partial charge in [-0.25, -0.2) is 0 Å². The third kappa shape index (κ3) is 2.32. The molecule has 0 aromatic rings. The Morgan fingerprint density at radius 2 is 2.27 bits per heavy atom. The van der Waals surface area contributed by atoms with Crippen molar-refractivity contribution in [1.29, 1.82) is 0 Å². The van der Waals surface area contributed by atoms with Gasteiger partial charge in [-0.3, -0.25) is 4.79 Å². The lowest BCUT2D eigenvalue weighted by molar-refractivity contribution is -0.127. The number of hydrogen-bond donors (Lipinski definition) is 3. The average molecular weight is 212 g/mol. The Morgan fingerprint density at radius 1 is 1.53 bits per heavy atom. The molecule has 4 heteroatoms. The first kappa shape index (κ1) is 10.9. The standard InChI is InChI=1S/C11H20N2O2/c1-8-5-12-6-9(8)10(14)13-7-11(15)3-2-4-11/h8-9,12,15H,2-7H2,1H3,(H,13,14). The summed E-state index contributed by atoms with van der Waals surface area (Å²) in [6.45, 7) is 4.20. The van der Waals surface area contributed by atoms with Crippen LogP contribution in [0.1, 0.15) is 26.2 Å². The highest BCUT2D eigenvalue weighted by atomic mass is 16.3. The van der Waals surface area contributed by atoms with Crippen molar-refractivity contribution in [3.8, 4) is 0 Å². The molecule has 3 N–H and O–H groups in total. The van der Waals surface area contributed by atoms with Crippen LogP contribution in [0.2, 0.25) is 0 Å². The van der Waals surface area contributed by atoms with Gasteiger partial charge in [0.1, 0.15) is 0 Å². The third-order valence-electron chi connectivity index (χ3n) is 3.73. The highest BCUT2D eigenvalue weighted by Crippen LogP contribution is 2.30. The molecular weight excluding hydrogens is 192 g/mol. The largest absolute Gasteiger partial charge is 0.388 e. The van der Waals surface area contributed by atoms with Gasteiger partial charge in [-0.15, -0.1) is 0 Å². The fraction of sp³-hybridized carbons (Fsp3) is 0.909. The van der Waals surface area contributed by atoms with Crippen molar-refractivity contribution < 1.29 is 9.90 Å². The third-order valence-corrected chi connectivity index (χ3v) is 3.73. The zero-order chi connectivity index (χ0) is 10.9. The van der Waals surface area contributed by atoms with Crippen molar-refractivity contribution >= 4 is 5.91 Å². The minimum Gasteiger partial charge on any atom is -0.388 e. The molecule has 4 nitrogen and oxygen atoms in total. The Morgan fingerprint density at radius 3 is 2.73 bits per heavy atom. The number of rotatable bonds is 3. The van der Waals surface area contributed by atoms with Gasteiger partial charge in [-0.05, 0) is 31.7 Å². The topological polar surface area (TPSA) is 61.4 Å². The number of nitrogens with one attached hydrogen (secondary N) is 2. The van der Waals surface area contributed by atoms with Crippen LogP contribution in [0.4, 0.5) is 0 Å². The van der Waals surface area contributed by atoms with Crippen LogP contribution in [0.3, 0.4) is 0 Å². The molecule has 2 rings (SSSR count). The molecule has 15 heavy (non-hydrogen) atoms. The van der Waals surface area contributed by atoms with E-state index < -0.39 is 5.60 Å². The smallest absolute Gasteiger partial charge is 0.224 e. The zero-order valence-corrected chi connectivity index (χ0v) is 9.25. The Labute approximate surface area is 90.4 Å². The summed E-state index contributed by atoms with van der Waals surface area (Å²) in [6, 6.07) is 0. The molecule has 1 saturated carbocycles. The van der Waals surface area contributed by atoms with Crippen LogP contribution in [0, 0.1) is 11.8 Å². The maximum absolute atomic E-state index is 11.8. The van der Waals surface area contributed by atoms with Gasteiger partial charge in [0.25, 0.3) is 0 Å². The normalized spacial score (nSPS) is 33.5. The monoisotopic (exact) mass is 212 g/mol. The number of aliphatic hydroxyl groups is 1. The van der Waals surface area contributed by atoms with E-state index in [2.05, 4.69) is 17.6 Å². The van der Waals surface area contributed by atoms with Gasteiger partial charge in [0.15, 0.2) is 0 Å². The Kier molecular flexibility index (Phi) is 2.98. The first-order valence-electron chi connectivity index (χ1n) is 5.81. The summed E-state index contributed by atoms with van der Waals surface area (Å²) in [5, 5.41) is 15.9. The minimum absolute atomic E-state index is 0.0775. The second-order valence-corrected chi connectivity index (χ2v) is 5.04. The van der Waals surface area contributed by atoms with E-state index in [1.807, 2.05) is 0 Å². The second-order valence-electron chi connectivity index (χ2n) is 5.04. The molecule has 2 fully saturated rings. The highest BCUT2D eigenvalue weighted by Gasteiger charge is 2.36. The van der Waals surface area contributed by atoms with Crippen molar-refractivity contribution in [2.45, 2.75) is 31.8 Å². The SMILES string of the molecule is CC1CNCC1C(=O)NCC1(O)CCC1. The van der Waals surface area contributed by atoms with Crippen molar-refractivity contribution in [3.05, 3.63) is 0 Å². The molecule has 2 aliphatic rings. The van der Waals surface area contributed by atoms with Crippen molar-refractivity contribution in [3.63, 3.8) is 0 Å². The summed E-state index contributed by atoms with van der Waals surface area (Å²) >= 11 is 0. The lowest BCUT2D eigenvalue weighted by Gasteiger charge is -2.36. The maximum atomic E-state index is 11.8.